The molecule has 0 N–H and O–H groups in total. The van der Waals surface area contributed by atoms with Crippen LogP contribution in [0.2, 0.25) is 0 Å². The number of carbonyl (C=O) groups excluding carboxylic acids is 1. The standard InChI is InChI=1S/C14H22N2O2/c1-2-5-14(17)16-7-4-3-6-13(16)12-15-8-10-18-11-9-15/h13H,3-4,6-12H2,1H3. The van der Waals surface area contributed by atoms with Gasteiger partial charge in [0.2, 0.25) is 0 Å². The SMILES string of the molecule is CC#CC(=O)N1CCCCC1CN1CCOCC1. The lowest BCUT2D eigenvalue weighted by Crippen LogP contribution is -2.51. The normalized spacial score (nSPS) is 25.4. The first-order valence-electron chi connectivity index (χ1n) is 6.84. The minimum atomic E-state index is -0.00420. The molecular formula is C14H22N2O2. The zero-order chi connectivity index (χ0) is 12.8. The fourth-order valence-electron chi connectivity index (χ4n) is 2.72. The molecule has 2 aliphatic rings. The third-order valence-electron chi connectivity index (χ3n) is 3.69. The molecule has 0 aliphatic carbocycles. The molecule has 2 heterocycles. The van der Waals surface area contributed by atoms with E-state index >= 15 is 0 Å². The molecule has 0 bridgehead atoms. The van der Waals surface area contributed by atoms with E-state index in [1.165, 1.54) is 6.42 Å². The fourth-order valence-corrected chi connectivity index (χ4v) is 2.72. The first-order valence-corrected chi connectivity index (χ1v) is 6.84. The fraction of sp³-hybridized carbons (Fsp3) is 0.786. The second kappa shape index (κ2) is 6.77. The summed E-state index contributed by atoms with van der Waals surface area (Å²) < 4.78 is 5.36. The molecule has 1 unspecified atom stereocenters. The lowest BCUT2D eigenvalue weighted by molar-refractivity contribution is -0.129. The highest BCUT2D eigenvalue weighted by Gasteiger charge is 2.27. The van der Waals surface area contributed by atoms with Crippen molar-refractivity contribution in [2.75, 3.05) is 39.4 Å². The zero-order valence-corrected chi connectivity index (χ0v) is 11.2. The topological polar surface area (TPSA) is 32.8 Å². The van der Waals surface area contributed by atoms with Crippen molar-refractivity contribution < 1.29 is 9.53 Å². The quantitative estimate of drug-likeness (QED) is 0.677. The minimum absolute atomic E-state index is 0.00420. The van der Waals surface area contributed by atoms with Gasteiger partial charge in [-0.2, -0.15) is 0 Å². The number of hydrogen-bond acceptors (Lipinski definition) is 3. The smallest absolute Gasteiger partial charge is 0.298 e. The summed E-state index contributed by atoms with van der Waals surface area (Å²) in [4.78, 5) is 16.3. The average Bonchev–Trinajstić information content (AvgIpc) is 2.41. The van der Waals surface area contributed by atoms with E-state index in [-0.39, 0.29) is 5.91 Å². The molecule has 0 aromatic carbocycles. The van der Waals surface area contributed by atoms with Crippen molar-refractivity contribution in [3.8, 4) is 11.8 Å². The number of morpholine rings is 1. The van der Waals surface area contributed by atoms with Crippen LogP contribution < -0.4 is 0 Å². The summed E-state index contributed by atoms with van der Waals surface area (Å²) in [6, 6.07) is 0.338. The maximum Gasteiger partial charge on any atom is 0.298 e. The van der Waals surface area contributed by atoms with Crippen LogP contribution in [-0.4, -0.2) is 61.1 Å². The van der Waals surface area contributed by atoms with Crippen LogP contribution in [0.25, 0.3) is 0 Å². The lowest BCUT2D eigenvalue weighted by Gasteiger charge is -2.38. The first-order chi connectivity index (χ1) is 8.81. The number of ether oxygens (including phenoxy) is 1. The number of carbonyl (C=O) groups is 1. The second-order valence-corrected chi connectivity index (χ2v) is 4.94. The van der Waals surface area contributed by atoms with E-state index in [2.05, 4.69) is 16.7 Å². The van der Waals surface area contributed by atoms with Crippen molar-refractivity contribution >= 4 is 5.91 Å². The van der Waals surface area contributed by atoms with Crippen molar-refractivity contribution in [1.82, 2.24) is 9.80 Å². The Kier molecular flexibility index (Phi) is 5.03. The van der Waals surface area contributed by atoms with Gasteiger partial charge in [-0.15, -0.1) is 0 Å². The van der Waals surface area contributed by atoms with E-state index in [0.717, 1.165) is 52.2 Å². The Hall–Kier alpha value is -1.05. The molecule has 100 valence electrons. The van der Waals surface area contributed by atoms with Gasteiger partial charge in [0, 0.05) is 32.2 Å². The Balaban J connectivity index is 1.93. The van der Waals surface area contributed by atoms with Gasteiger partial charge in [0.05, 0.1) is 13.2 Å². The average molecular weight is 250 g/mol. The largest absolute Gasteiger partial charge is 0.379 e. The van der Waals surface area contributed by atoms with Crippen LogP contribution in [0.3, 0.4) is 0 Å². The molecule has 2 aliphatic heterocycles. The van der Waals surface area contributed by atoms with Crippen molar-refractivity contribution in [3.63, 3.8) is 0 Å². The van der Waals surface area contributed by atoms with Gasteiger partial charge in [0.15, 0.2) is 0 Å². The van der Waals surface area contributed by atoms with E-state index < -0.39 is 0 Å². The second-order valence-electron chi connectivity index (χ2n) is 4.94. The van der Waals surface area contributed by atoms with E-state index in [1.54, 1.807) is 6.92 Å². The Morgan fingerprint density at radius 3 is 2.78 bits per heavy atom. The molecule has 2 rings (SSSR count). The zero-order valence-electron chi connectivity index (χ0n) is 11.2. The summed E-state index contributed by atoms with van der Waals surface area (Å²) in [5, 5.41) is 0. The van der Waals surface area contributed by atoms with Crippen LogP contribution in [-0.2, 0) is 9.53 Å². The Morgan fingerprint density at radius 1 is 1.28 bits per heavy atom. The van der Waals surface area contributed by atoms with Crippen LogP contribution >= 0.6 is 0 Å². The van der Waals surface area contributed by atoms with Crippen molar-refractivity contribution in [1.29, 1.82) is 0 Å². The summed E-state index contributed by atoms with van der Waals surface area (Å²) in [6.45, 7) is 7.16. The van der Waals surface area contributed by atoms with Crippen LogP contribution in [0, 0.1) is 11.8 Å². The number of piperidine rings is 1. The molecule has 0 saturated carbocycles. The summed E-state index contributed by atoms with van der Waals surface area (Å²) in [5.74, 6) is 5.39. The van der Waals surface area contributed by atoms with Gasteiger partial charge >= 0.3 is 0 Å². The predicted molar refractivity (Wildman–Crippen MR) is 70.1 cm³/mol. The Labute approximate surface area is 109 Å². The van der Waals surface area contributed by atoms with Crippen LogP contribution in [0.15, 0.2) is 0 Å². The third-order valence-corrected chi connectivity index (χ3v) is 3.69. The van der Waals surface area contributed by atoms with E-state index in [9.17, 15) is 4.79 Å². The Morgan fingerprint density at radius 2 is 2.06 bits per heavy atom. The summed E-state index contributed by atoms with van der Waals surface area (Å²) in [5.41, 5.74) is 0. The van der Waals surface area contributed by atoms with Crippen LogP contribution in [0.5, 0.6) is 0 Å². The minimum Gasteiger partial charge on any atom is -0.379 e. The van der Waals surface area contributed by atoms with E-state index in [1.807, 2.05) is 4.90 Å². The number of rotatable bonds is 2. The number of likely N-dealkylation sites (tertiary alicyclic amines) is 1. The van der Waals surface area contributed by atoms with Crippen LogP contribution in [0.1, 0.15) is 26.2 Å². The summed E-state index contributed by atoms with van der Waals surface area (Å²) >= 11 is 0. The number of amides is 1. The van der Waals surface area contributed by atoms with Gasteiger partial charge in [0.25, 0.3) is 5.91 Å². The molecule has 4 nitrogen and oxygen atoms in total. The molecule has 0 radical (unpaired) electrons. The highest BCUT2D eigenvalue weighted by molar-refractivity contribution is 5.93. The monoisotopic (exact) mass is 250 g/mol. The molecule has 2 fully saturated rings. The number of nitrogens with zero attached hydrogens (tertiary/aromatic N) is 2. The molecular weight excluding hydrogens is 228 g/mol. The predicted octanol–water partition coefficient (Wildman–Crippen LogP) is 0.723. The molecule has 1 amide bonds. The molecule has 4 heteroatoms. The van der Waals surface area contributed by atoms with E-state index in [4.69, 9.17) is 4.74 Å². The highest BCUT2D eigenvalue weighted by atomic mass is 16.5. The molecule has 1 atom stereocenters. The molecule has 2 saturated heterocycles. The third kappa shape index (κ3) is 3.47. The van der Waals surface area contributed by atoms with Gasteiger partial charge in [-0.3, -0.25) is 9.69 Å². The maximum absolute atomic E-state index is 12.0. The van der Waals surface area contributed by atoms with Gasteiger partial charge in [0.1, 0.15) is 0 Å². The molecule has 0 spiro atoms. The Bertz CT molecular complexity index is 339. The van der Waals surface area contributed by atoms with Gasteiger partial charge in [-0.05, 0) is 32.1 Å². The molecule has 0 aromatic rings. The molecule has 18 heavy (non-hydrogen) atoms. The van der Waals surface area contributed by atoms with E-state index in [0.29, 0.717) is 6.04 Å². The highest BCUT2D eigenvalue weighted by Crippen LogP contribution is 2.18. The maximum atomic E-state index is 12.0. The first kappa shape index (κ1) is 13.4. The lowest BCUT2D eigenvalue weighted by atomic mass is 10.0. The van der Waals surface area contributed by atoms with Crippen LogP contribution in [0.4, 0.5) is 0 Å². The van der Waals surface area contributed by atoms with Crippen molar-refractivity contribution in [3.05, 3.63) is 0 Å². The summed E-state index contributed by atoms with van der Waals surface area (Å²) in [6.07, 6.45) is 3.43. The van der Waals surface area contributed by atoms with Gasteiger partial charge < -0.3 is 9.64 Å². The van der Waals surface area contributed by atoms with Gasteiger partial charge in [-0.1, -0.05) is 5.92 Å². The molecule has 0 aromatic heterocycles. The summed E-state index contributed by atoms with van der Waals surface area (Å²) in [7, 11) is 0. The van der Waals surface area contributed by atoms with Crippen molar-refractivity contribution in [2.24, 2.45) is 0 Å². The van der Waals surface area contributed by atoms with Crippen molar-refractivity contribution in [2.45, 2.75) is 32.2 Å². The van der Waals surface area contributed by atoms with Gasteiger partial charge in [-0.25, -0.2) is 0 Å². The number of hydrogen-bond donors (Lipinski definition) is 0.